The maximum Gasteiger partial charge on any atom is 0.323 e. The first-order valence-corrected chi connectivity index (χ1v) is 10.8. The van der Waals surface area contributed by atoms with E-state index in [1.54, 1.807) is 17.3 Å². The molecule has 8 heteroatoms. The number of carbonyl (C=O) groups is 2. The van der Waals surface area contributed by atoms with Crippen molar-refractivity contribution in [3.8, 4) is 11.3 Å². The predicted octanol–water partition coefficient (Wildman–Crippen LogP) is 3.77. The minimum absolute atomic E-state index is 0.0555. The molecule has 1 aliphatic heterocycles. The Bertz CT molecular complexity index is 985. The minimum Gasteiger partial charge on any atom is -0.352 e. The van der Waals surface area contributed by atoms with E-state index < -0.39 is 0 Å². The van der Waals surface area contributed by atoms with Crippen molar-refractivity contribution in [2.24, 2.45) is 5.92 Å². The van der Waals surface area contributed by atoms with Crippen LogP contribution in [0.15, 0.2) is 60.2 Å². The third-order valence-electron chi connectivity index (χ3n) is 5.14. The standard InChI is InChI=1S/C22H23N5O2S/c28-20(24-13-16-5-2-1-3-6-16)17-8-11-27(12-9-17)22(29)26-21-25-19(15-30-21)18-7-4-10-23-14-18/h1-7,10,14-15,17H,8-9,11-13H2,(H,24,28)(H,25,26,29). The number of pyridine rings is 1. The summed E-state index contributed by atoms with van der Waals surface area (Å²) >= 11 is 1.39. The zero-order chi connectivity index (χ0) is 20.8. The van der Waals surface area contributed by atoms with Crippen LogP contribution in [0.5, 0.6) is 0 Å². The number of hydrogen-bond donors (Lipinski definition) is 2. The average molecular weight is 422 g/mol. The van der Waals surface area contributed by atoms with E-state index in [0.717, 1.165) is 16.8 Å². The highest BCUT2D eigenvalue weighted by atomic mass is 32.1. The van der Waals surface area contributed by atoms with Crippen molar-refractivity contribution in [1.29, 1.82) is 0 Å². The van der Waals surface area contributed by atoms with Gasteiger partial charge in [-0.05, 0) is 30.5 Å². The summed E-state index contributed by atoms with van der Waals surface area (Å²) in [4.78, 5) is 35.3. The molecule has 3 aromatic rings. The monoisotopic (exact) mass is 421 g/mol. The van der Waals surface area contributed by atoms with Gasteiger partial charge in [0.1, 0.15) is 0 Å². The number of aromatic nitrogens is 2. The molecule has 3 amide bonds. The van der Waals surface area contributed by atoms with E-state index in [9.17, 15) is 9.59 Å². The number of nitrogens with one attached hydrogen (secondary N) is 2. The van der Waals surface area contributed by atoms with Crippen LogP contribution in [0, 0.1) is 5.92 Å². The average Bonchev–Trinajstić information content (AvgIpc) is 3.27. The summed E-state index contributed by atoms with van der Waals surface area (Å²) in [6.45, 7) is 1.63. The molecule has 0 aliphatic carbocycles. The third kappa shape index (κ3) is 5.01. The number of benzene rings is 1. The van der Waals surface area contributed by atoms with Crippen molar-refractivity contribution in [3.63, 3.8) is 0 Å². The smallest absolute Gasteiger partial charge is 0.323 e. The molecule has 2 aromatic heterocycles. The quantitative estimate of drug-likeness (QED) is 0.657. The lowest BCUT2D eigenvalue weighted by molar-refractivity contribution is -0.126. The number of likely N-dealkylation sites (tertiary alicyclic amines) is 1. The molecule has 3 heterocycles. The van der Waals surface area contributed by atoms with Crippen molar-refractivity contribution in [2.45, 2.75) is 19.4 Å². The van der Waals surface area contributed by atoms with Crippen LogP contribution in [-0.4, -0.2) is 39.9 Å². The topological polar surface area (TPSA) is 87.2 Å². The third-order valence-corrected chi connectivity index (χ3v) is 5.90. The van der Waals surface area contributed by atoms with Crippen LogP contribution >= 0.6 is 11.3 Å². The lowest BCUT2D eigenvalue weighted by Gasteiger charge is -2.31. The van der Waals surface area contributed by atoms with Crippen LogP contribution in [0.1, 0.15) is 18.4 Å². The molecular formula is C22H23N5O2S. The Labute approximate surface area is 179 Å². The predicted molar refractivity (Wildman–Crippen MR) is 117 cm³/mol. The molecule has 2 N–H and O–H groups in total. The van der Waals surface area contributed by atoms with Crippen LogP contribution in [0.3, 0.4) is 0 Å². The van der Waals surface area contributed by atoms with Gasteiger partial charge in [-0.3, -0.25) is 15.1 Å². The van der Waals surface area contributed by atoms with Crippen LogP contribution in [-0.2, 0) is 11.3 Å². The van der Waals surface area contributed by atoms with E-state index in [2.05, 4.69) is 20.6 Å². The molecule has 1 aliphatic rings. The lowest BCUT2D eigenvalue weighted by Crippen LogP contribution is -2.44. The largest absolute Gasteiger partial charge is 0.352 e. The van der Waals surface area contributed by atoms with Gasteiger partial charge in [0.2, 0.25) is 5.91 Å². The van der Waals surface area contributed by atoms with Crippen LogP contribution in [0.4, 0.5) is 9.93 Å². The fourth-order valence-corrected chi connectivity index (χ4v) is 4.13. The van der Waals surface area contributed by atoms with Gasteiger partial charge >= 0.3 is 6.03 Å². The molecule has 0 radical (unpaired) electrons. The maximum absolute atomic E-state index is 12.6. The number of rotatable bonds is 5. The molecule has 1 fully saturated rings. The Morgan fingerprint density at radius 2 is 1.90 bits per heavy atom. The summed E-state index contributed by atoms with van der Waals surface area (Å²) in [5.74, 6) is -0.00486. The van der Waals surface area contributed by atoms with Gasteiger partial charge in [0.05, 0.1) is 5.69 Å². The Kier molecular flexibility index (Phi) is 6.34. The first-order valence-electron chi connectivity index (χ1n) is 9.92. The van der Waals surface area contributed by atoms with Crippen molar-refractivity contribution in [3.05, 3.63) is 65.8 Å². The zero-order valence-corrected chi connectivity index (χ0v) is 17.3. The van der Waals surface area contributed by atoms with E-state index in [1.165, 1.54) is 11.3 Å². The van der Waals surface area contributed by atoms with Crippen LogP contribution in [0.2, 0.25) is 0 Å². The van der Waals surface area contributed by atoms with E-state index in [-0.39, 0.29) is 17.9 Å². The van der Waals surface area contributed by atoms with Crippen molar-refractivity contribution >= 4 is 28.4 Å². The Morgan fingerprint density at radius 3 is 2.63 bits per heavy atom. The summed E-state index contributed by atoms with van der Waals surface area (Å²) in [7, 11) is 0. The Hall–Kier alpha value is -3.26. The molecule has 0 unspecified atom stereocenters. The zero-order valence-electron chi connectivity index (χ0n) is 16.5. The molecule has 0 atom stereocenters. The summed E-state index contributed by atoms with van der Waals surface area (Å²) in [6.07, 6.45) is 4.78. The number of thiazole rings is 1. The lowest BCUT2D eigenvalue weighted by atomic mass is 9.96. The van der Waals surface area contributed by atoms with Gasteiger partial charge in [0, 0.05) is 48.9 Å². The highest BCUT2D eigenvalue weighted by Crippen LogP contribution is 2.25. The SMILES string of the molecule is O=C(NCc1ccccc1)C1CCN(C(=O)Nc2nc(-c3cccnc3)cs2)CC1. The van der Waals surface area contributed by atoms with Gasteiger partial charge in [-0.1, -0.05) is 30.3 Å². The summed E-state index contributed by atoms with van der Waals surface area (Å²) in [5, 5.41) is 8.32. The molecule has 0 saturated carbocycles. The van der Waals surface area contributed by atoms with Gasteiger partial charge in [-0.15, -0.1) is 11.3 Å². The maximum atomic E-state index is 12.6. The van der Waals surface area contributed by atoms with E-state index >= 15 is 0 Å². The number of amides is 3. The highest BCUT2D eigenvalue weighted by molar-refractivity contribution is 7.14. The van der Waals surface area contributed by atoms with Gasteiger partial charge in [-0.25, -0.2) is 9.78 Å². The molecule has 0 bridgehead atoms. The number of nitrogens with zero attached hydrogens (tertiary/aromatic N) is 3. The molecule has 154 valence electrons. The fourth-order valence-electron chi connectivity index (χ4n) is 3.42. The Balaban J connectivity index is 1.24. The number of piperidine rings is 1. The van der Waals surface area contributed by atoms with Gasteiger partial charge < -0.3 is 10.2 Å². The fraction of sp³-hybridized carbons (Fsp3) is 0.273. The van der Waals surface area contributed by atoms with E-state index in [0.29, 0.717) is 37.6 Å². The van der Waals surface area contributed by atoms with Crippen molar-refractivity contribution in [2.75, 3.05) is 18.4 Å². The molecule has 30 heavy (non-hydrogen) atoms. The molecule has 1 saturated heterocycles. The summed E-state index contributed by atoms with van der Waals surface area (Å²) in [6, 6.07) is 13.5. The van der Waals surface area contributed by atoms with E-state index in [1.807, 2.05) is 47.8 Å². The van der Waals surface area contributed by atoms with Crippen molar-refractivity contribution < 1.29 is 9.59 Å². The minimum atomic E-state index is -0.176. The number of hydrogen-bond acceptors (Lipinski definition) is 5. The van der Waals surface area contributed by atoms with Crippen molar-refractivity contribution in [1.82, 2.24) is 20.2 Å². The summed E-state index contributed by atoms with van der Waals surface area (Å²) < 4.78 is 0. The van der Waals surface area contributed by atoms with Gasteiger partial charge in [-0.2, -0.15) is 0 Å². The number of carbonyl (C=O) groups excluding carboxylic acids is 2. The first-order chi connectivity index (χ1) is 14.7. The second-order valence-electron chi connectivity index (χ2n) is 7.17. The molecule has 1 aromatic carbocycles. The normalized spacial score (nSPS) is 14.3. The van der Waals surface area contributed by atoms with Crippen LogP contribution in [0.25, 0.3) is 11.3 Å². The Morgan fingerprint density at radius 1 is 1.10 bits per heavy atom. The molecule has 7 nitrogen and oxygen atoms in total. The second kappa shape index (κ2) is 9.49. The molecule has 4 rings (SSSR count). The van der Waals surface area contributed by atoms with Gasteiger partial charge in [0.25, 0.3) is 0 Å². The second-order valence-corrected chi connectivity index (χ2v) is 8.03. The molecular weight excluding hydrogens is 398 g/mol. The number of anilines is 1. The van der Waals surface area contributed by atoms with E-state index in [4.69, 9.17) is 0 Å². The molecule has 0 spiro atoms. The number of urea groups is 1. The van der Waals surface area contributed by atoms with Crippen LogP contribution < -0.4 is 10.6 Å². The highest BCUT2D eigenvalue weighted by Gasteiger charge is 2.27. The first kappa shape index (κ1) is 20.0. The summed E-state index contributed by atoms with van der Waals surface area (Å²) in [5.41, 5.74) is 2.78. The van der Waals surface area contributed by atoms with Gasteiger partial charge in [0.15, 0.2) is 5.13 Å².